The van der Waals surface area contributed by atoms with Gasteiger partial charge < -0.3 is 4.57 Å². The molecule has 0 amide bonds. The molecule has 0 aliphatic rings. The van der Waals surface area contributed by atoms with Gasteiger partial charge in [0.05, 0.1) is 10.5 Å². The molecule has 1 aromatic carbocycles. The number of fused-ring (bicyclic) bond motifs is 1. The summed E-state index contributed by atoms with van der Waals surface area (Å²) in [7, 11) is 0. The van der Waals surface area contributed by atoms with Crippen LogP contribution in [0.15, 0.2) is 30.5 Å². The lowest BCUT2D eigenvalue weighted by molar-refractivity contribution is 0.623. The van der Waals surface area contributed by atoms with E-state index in [1.54, 1.807) is 0 Å². The van der Waals surface area contributed by atoms with Gasteiger partial charge in [-0.2, -0.15) is 0 Å². The maximum absolute atomic E-state index is 6.13. The number of aromatic nitrogens is 1. The van der Waals surface area contributed by atoms with Crippen LogP contribution in [0.2, 0.25) is 5.02 Å². The molecular weight excluding hydrogens is 182 g/mol. The summed E-state index contributed by atoms with van der Waals surface area (Å²) >= 11 is 6.13. The molecule has 1 aromatic heterocycles. The van der Waals surface area contributed by atoms with Crippen molar-refractivity contribution in [2.24, 2.45) is 0 Å². The first-order chi connectivity index (χ1) is 6.20. The third-order valence-corrected chi connectivity index (χ3v) is 2.55. The average molecular weight is 194 g/mol. The number of hydrogen-bond donors (Lipinski definition) is 0. The van der Waals surface area contributed by atoms with Crippen LogP contribution in [0.1, 0.15) is 19.9 Å². The molecule has 0 radical (unpaired) electrons. The van der Waals surface area contributed by atoms with Crippen molar-refractivity contribution < 1.29 is 0 Å². The molecular formula is C11H12ClN. The number of rotatable bonds is 1. The molecule has 0 aliphatic carbocycles. The summed E-state index contributed by atoms with van der Waals surface area (Å²) in [5.41, 5.74) is 1.14. The first kappa shape index (κ1) is 8.64. The van der Waals surface area contributed by atoms with Crippen LogP contribution < -0.4 is 0 Å². The number of halogens is 1. The number of para-hydroxylation sites is 1. The largest absolute Gasteiger partial charge is 0.344 e. The van der Waals surface area contributed by atoms with Gasteiger partial charge >= 0.3 is 0 Å². The van der Waals surface area contributed by atoms with Gasteiger partial charge in [-0.3, -0.25) is 0 Å². The highest BCUT2D eigenvalue weighted by Crippen LogP contribution is 2.26. The van der Waals surface area contributed by atoms with Crippen molar-refractivity contribution in [3.05, 3.63) is 35.5 Å². The average Bonchev–Trinajstić information content (AvgIpc) is 2.49. The standard InChI is InChI=1S/C11H12ClN/c1-8(2)13-7-6-9-4-3-5-10(12)11(9)13/h3-8H,1-2H3. The van der Waals surface area contributed by atoms with Gasteiger partial charge in [0.1, 0.15) is 0 Å². The van der Waals surface area contributed by atoms with Crippen molar-refractivity contribution in [1.29, 1.82) is 0 Å². The van der Waals surface area contributed by atoms with Crippen LogP contribution in [0.25, 0.3) is 10.9 Å². The smallest absolute Gasteiger partial charge is 0.0672 e. The van der Waals surface area contributed by atoms with Crippen LogP contribution in [0, 0.1) is 0 Å². The molecule has 2 heteroatoms. The third-order valence-electron chi connectivity index (χ3n) is 2.25. The Morgan fingerprint density at radius 2 is 2.00 bits per heavy atom. The Bertz CT molecular complexity index is 429. The molecule has 0 bridgehead atoms. The molecule has 0 atom stereocenters. The van der Waals surface area contributed by atoms with Crippen LogP contribution in [0.4, 0.5) is 0 Å². The lowest BCUT2D eigenvalue weighted by atomic mass is 10.2. The Morgan fingerprint density at radius 3 is 2.69 bits per heavy atom. The monoisotopic (exact) mass is 193 g/mol. The minimum Gasteiger partial charge on any atom is -0.344 e. The quantitative estimate of drug-likeness (QED) is 0.648. The Labute approximate surface area is 82.9 Å². The van der Waals surface area contributed by atoms with Gasteiger partial charge in [-0.15, -0.1) is 0 Å². The summed E-state index contributed by atoms with van der Waals surface area (Å²) in [6.07, 6.45) is 2.08. The maximum atomic E-state index is 6.13. The highest BCUT2D eigenvalue weighted by Gasteiger charge is 2.06. The van der Waals surface area contributed by atoms with Gasteiger partial charge in [0.2, 0.25) is 0 Å². The fourth-order valence-electron chi connectivity index (χ4n) is 1.60. The van der Waals surface area contributed by atoms with E-state index in [4.69, 9.17) is 11.6 Å². The predicted octanol–water partition coefficient (Wildman–Crippen LogP) is 3.88. The topological polar surface area (TPSA) is 4.93 Å². The highest BCUT2D eigenvalue weighted by molar-refractivity contribution is 6.35. The van der Waals surface area contributed by atoms with E-state index in [-0.39, 0.29) is 0 Å². The zero-order valence-corrected chi connectivity index (χ0v) is 8.55. The van der Waals surface area contributed by atoms with E-state index in [1.165, 1.54) is 5.39 Å². The summed E-state index contributed by atoms with van der Waals surface area (Å²) in [4.78, 5) is 0. The molecule has 0 saturated heterocycles. The van der Waals surface area contributed by atoms with Crippen molar-refractivity contribution in [3.63, 3.8) is 0 Å². The zero-order valence-electron chi connectivity index (χ0n) is 7.79. The molecule has 2 rings (SSSR count). The van der Waals surface area contributed by atoms with Crippen LogP contribution in [-0.2, 0) is 0 Å². The van der Waals surface area contributed by atoms with Crippen molar-refractivity contribution >= 4 is 22.5 Å². The molecule has 0 unspecified atom stereocenters. The maximum Gasteiger partial charge on any atom is 0.0672 e. The summed E-state index contributed by atoms with van der Waals surface area (Å²) < 4.78 is 2.19. The predicted molar refractivity (Wildman–Crippen MR) is 57.3 cm³/mol. The molecule has 1 nitrogen and oxygen atoms in total. The lowest BCUT2D eigenvalue weighted by Gasteiger charge is -2.09. The Kier molecular flexibility index (Phi) is 2.04. The second-order valence-electron chi connectivity index (χ2n) is 3.49. The fraction of sp³-hybridized carbons (Fsp3) is 0.273. The zero-order chi connectivity index (χ0) is 9.42. The molecule has 2 aromatic rings. The van der Waals surface area contributed by atoms with Gasteiger partial charge in [0.15, 0.2) is 0 Å². The van der Waals surface area contributed by atoms with E-state index in [0.29, 0.717) is 6.04 Å². The summed E-state index contributed by atoms with van der Waals surface area (Å²) in [6, 6.07) is 8.55. The van der Waals surface area contributed by atoms with E-state index >= 15 is 0 Å². The second kappa shape index (κ2) is 3.08. The van der Waals surface area contributed by atoms with E-state index in [0.717, 1.165) is 10.5 Å². The van der Waals surface area contributed by atoms with Crippen LogP contribution >= 0.6 is 11.6 Å². The van der Waals surface area contributed by atoms with Gasteiger partial charge in [-0.05, 0) is 26.0 Å². The van der Waals surface area contributed by atoms with Crippen LogP contribution in [0.3, 0.4) is 0 Å². The minimum absolute atomic E-state index is 0.456. The van der Waals surface area contributed by atoms with Crippen LogP contribution in [0.5, 0.6) is 0 Å². The molecule has 0 spiro atoms. The SMILES string of the molecule is CC(C)n1ccc2cccc(Cl)c21. The molecule has 0 saturated carbocycles. The van der Waals surface area contributed by atoms with Crippen molar-refractivity contribution in [1.82, 2.24) is 4.57 Å². The van der Waals surface area contributed by atoms with Crippen LogP contribution in [-0.4, -0.2) is 4.57 Å². The number of benzene rings is 1. The highest BCUT2D eigenvalue weighted by atomic mass is 35.5. The normalized spacial score (nSPS) is 11.4. The Morgan fingerprint density at radius 1 is 1.23 bits per heavy atom. The first-order valence-electron chi connectivity index (χ1n) is 4.45. The van der Waals surface area contributed by atoms with Gasteiger partial charge in [-0.25, -0.2) is 0 Å². The molecule has 13 heavy (non-hydrogen) atoms. The minimum atomic E-state index is 0.456. The molecule has 0 fully saturated rings. The van der Waals surface area contributed by atoms with Gasteiger partial charge in [0, 0.05) is 17.6 Å². The van der Waals surface area contributed by atoms with E-state index < -0.39 is 0 Å². The van der Waals surface area contributed by atoms with Crippen molar-refractivity contribution in [3.8, 4) is 0 Å². The number of hydrogen-bond acceptors (Lipinski definition) is 0. The lowest BCUT2D eigenvalue weighted by Crippen LogP contribution is -1.98. The first-order valence-corrected chi connectivity index (χ1v) is 4.83. The molecule has 0 aliphatic heterocycles. The molecule has 68 valence electrons. The molecule has 0 N–H and O–H groups in total. The summed E-state index contributed by atoms with van der Waals surface area (Å²) in [6.45, 7) is 4.31. The summed E-state index contributed by atoms with van der Waals surface area (Å²) in [5.74, 6) is 0. The Balaban J connectivity index is 2.79. The summed E-state index contributed by atoms with van der Waals surface area (Å²) in [5, 5.41) is 2.04. The van der Waals surface area contributed by atoms with E-state index in [1.807, 2.05) is 12.1 Å². The van der Waals surface area contributed by atoms with E-state index in [2.05, 4.69) is 36.7 Å². The van der Waals surface area contributed by atoms with Crippen molar-refractivity contribution in [2.45, 2.75) is 19.9 Å². The van der Waals surface area contributed by atoms with Crippen molar-refractivity contribution in [2.75, 3.05) is 0 Å². The molecule has 1 heterocycles. The fourth-order valence-corrected chi connectivity index (χ4v) is 1.88. The van der Waals surface area contributed by atoms with Gasteiger partial charge in [-0.1, -0.05) is 23.7 Å². The van der Waals surface area contributed by atoms with E-state index in [9.17, 15) is 0 Å². The third kappa shape index (κ3) is 1.33. The number of nitrogens with zero attached hydrogens (tertiary/aromatic N) is 1. The second-order valence-corrected chi connectivity index (χ2v) is 3.90. The Hall–Kier alpha value is -0.950. The van der Waals surface area contributed by atoms with Gasteiger partial charge in [0.25, 0.3) is 0 Å².